The minimum atomic E-state index is -0.593. The summed E-state index contributed by atoms with van der Waals surface area (Å²) < 4.78 is 5.28. The first-order valence-electron chi connectivity index (χ1n) is 8.47. The molecule has 0 aromatic carbocycles. The Kier molecular flexibility index (Phi) is 7.14. The molecule has 0 aliphatic carbocycles. The summed E-state index contributed by atoms with van der Waals surface area (Å²) in [5.41, 5.74) is -0.593. The van der Waals surface area contributed by atoms with E-state index >= 15 is 0 Å². The van der Waals surface area contributed by atoms with Gasteiger partial charge in [0.25, 0.3) is 0 Å². The molecule has 0 saturated carbocycles. The zero-order valence-electron chi connectivity index (χ0n) is 14.7. The van der Waals surface area contributed by atoms with Crippen molar-refractivity contribution in [3.05, 3.63) is 0 Å². The standard InChI is InChI=1S/C17H34N2O2/c1-7-21-16(20)17(6,18-13(2)3)10-11-19-12-14(4)8-9-15(19)5/h13-15,18H,7-12H2,1-6H3. The first-order valence-corrected chi connectivity index (χ1v) is 8.47. The van der Waals surface area contributed by atoms with Crippen molar-refractivity contribution in [2.24, 2.45) is 5.92 Å². The van der Waals surface area contributed by atoms with Gasteiger partial charge in [-0.05, 0) is 59.8 Å². The average Bonchev–Trinajstić information content (AvgIpc) is 2.39. The summed E-state index contributed by atoms with van der Waals surface area (Å²) in [4.78, 5) is 14.8. The molecule has 21 heavy (non-hydrogen) atoms. The van der Waals surface area contributed by atoms with Crippen LogP contribution in [0, 0.1) is 5.92 Å². The van der Waals surface area contributed by atoms with Crippen LogP contribution in [0.3, 0.4) is 0 Å². The van der Waals surface area contributed by atoms with E-state index < -0.39 is 5.54 Å². The molecule has 1 saturated heterocycles. The highest BCUT2D eigenvalue weighted by molar-refractivity contribution is 5.80. The maximum absolute atomic E-state index is 12.3. The van der Waals surface area contributed by atoms with Crippen LogP contribution >= 0.6 is 0 Å². The third-order valence-corrected chi connectivity index (χ3v) is 4.48. The van der Waals surface area contributed by atoms with Gasteiger partial charge in [-0.3, -0.25) is 10.1 Å². The van der Waals surface area contributed by atoms with Gasteiger partial charge in [-0.25, -0.2) is 0 Å². The molecule has 0 aromatic rings. The molecule has 1 heterocycles. The average molecular weight is 298 g/mol. The number of carbonyl (C=O) groups excluding carboxylic acids is 1. The summed E-state index contributed by atoms with van der Waals surface area (Å²) in [6, 6.07) is 0.879. The van der Waals surface area contributed by atoms with Crippen LogP contribution in [-0.4, -0.2) is 48.2 Å². The van der Waals surface area contributed by atoms with Gasteiger partial charge in [-0.1, -0.05) is 6.92 Å². The number of esters is 1. The molecule has 4 nitrogen and oxygen atoms in total. The second-order valence-corrected chi connectivity index (χ2v) is 7.13. The summed E-state index contributed by atoms with van der Waals surface area (Å²) in [5, 5.41) is 3.41. The Morgan fingerprint density at radius 3 is 2.62 bits per heavy atom. The van der Waals surface area contributed by atoms with Crippen LogP contribution < -0.4 is 5.32 Å². The molecule has 0 amide bonds. The predicted octanol–water partition coefficient (Wildman–Crippen LogP) is 2.82. The highest BCUT2D eigenvalue weighted by Gasteiger charge is 2.36. The van der Waals surface area contributed by atoms with Gasteiger partial charge in [0.15, 0.2) is 0 Å². The second-order valence-electron chi connectivity index (χ2n) is 7.13. The highest BCUT2D eigenvalue weighted by atomic mass is 16.5. The summed E-state index contributed by atoms with van der Waals surface area (Å²) in [5.74, 6) is 0.629. The fourth-order valence-corrected chi connectivity index (χ4v) is 3.22. The third-order valence-electron chi connectivity index (χ3n) is 4.48. The molecule has 3 unspecified atom stereocenters. The van der Waals surface area contributed by atoms with Crippen LogP contribution in [0.1, 0.15) is 60.8 Å². The molecule has 1 fully saturated rings. The smallest absolute Gasteiger partial charge is 0.326 e. The minimum Gasteiger partial charge on any atom is -0.465 e. The molecule has 0 aromatic heterocycles. The Hall–Kier alpha value is -0.610. The van der Waals surface area contributed by atoms with Gasteiger partial charge >= 0.3 is 5.97 Å². The number of likely N-dealkylation sites (tertiary alicyclic amines) is 1. The minimum absolute atomic E-state index is 0.128. The molecule has 0 radical (unpaired) electrons. The monoisotopic (exact) mass is 298 g/mol. The number of nitrogens with zero attached hydrogens (tertiary/aromatic N) is 1. The van der Waals surface area contributed by atoms with Gasteiger partial charge in [-0.15, -0.1) is 0 Å². The van der Waals surface area contributed by atoms with E-state index in [0.717, 1.165) is 25.4 Å². The zero-order chi connectivity index (χ0) is 16.0. The van der Waals surface area contributed by atoms with E-state index in [1.165, 1.54) is 12.8 Å². The molecular formula is C17H34N2O2. The Morgan fingerprint density at radius 2 is 2.05 bits per heavy atom. The van der Waals surface area contributed by atoms with Crippen molar-refractivity contribution in [2.75, 3.05) is 19.7 Å². The normalized spacial score (nSPS) is 26.6. The van der Waals surface area contributed by atoms with Crippen molar-refractivity contribution in [1.82, 2.24) is 10.2 Å². The lowest BCUT2D eigenvalue weighted by Gasteiger charge is -2.39. The van der Waals surface area contributed by atoms with Gasteiger partial charge in [0.1, 0.15) is 5.54 Å². The number of piperidine rings is 1. The van der Waals surface area contributed by atoms with Crippen molar-refractivity contribution < 1.29 is 9.53 Å². The van der Waals surface area contributed by atoms with E-state index in [1.807, 2.05) is 13.8 Å². The van der Waals surface area contributed by atoms with Crippen LogP contribution in [0.2, 0.25) is 0 Å². The Labute approximate surface area is 130 Å². The fourth-order valence-electron chi connectivity index (χ4n) is 3.22. The third kappa shape index (κ3) is 5.59. The zero-order valence-corrected chi connectivity index (χ0v) is 14.7. The maximum Gasteiger partial charge on any atom is 0.326 e. The number of nitrogens with one attached hydrogen (secondary N) is 1. The largest absolute Gasteiger partial charge is 0.465 e. The van der Waals surface area contributed by atoms with Crippen LogP contribution in [0.25, 0.3) is 0 Å². The lowest BCUT2D eigenvalue weighted by atomic mass is 9.92. The van der Waals surface area contributed by atoms with E-state index in [4.69, 9.17) is 4.74 Å². The Morgan fingerprint density at radius 1 is 1.38 bits per heavy atom. The van der Waals surface area contributed by atoms with Crippen LogP contribution in [0.5, 0.6) is 0 Å². The van der Waals surface area contributed by atoms with Crippen molar-refractivity contribution in [3.63, 3.8) is 0 Å². The van der Waals surface area contributed by atoms with Crippen molar-refractivity contribution in [2.45, 2.75) is 78.4 Å². The quantitative estimate of drug-likeness (QED) is 0.734. The SMILES string of the molecule is CCOC(=O)C(C)(CCN1CC(C)CCC1C)NC(C)C. The summed E-state index contributed by atoms with van der Waals surface area (Å²) >= 11 is 0. The van der Waals surface area contributed by atoms with Gasteiger partial charge in [0, 0.05) is 25.2 Å². The molecule has 124 valence electrons. The number of ether oxygens (including phenoxy) is 1. The number of hydrogen-bond acceptors (Lipinski definition) is 4. The Balaban J connectivity index is 2.65. The molecule has 0 bridgehead atoms. The van der Waals surface area contributed by atoms with Gasteiger partial charge < -0.3 is 9.64 Å². The Bertz CT molecular complexity index is 333. The van der Waals surface area contributed by atoms with Gasteiger partial charge in [-0.2, -0.15) is 0 Å². The number of hydrogen-bond donors (Lipinski definition) is 1. The van der Waals surface area contributed by atoms with Gasteiger partial charge in [0.05, 0.1) is 6.61 Å². The maximum atomic E-state index is 12.3. The van der Waals surface area contributed by atoms with E-state index in [0.29, 0.717) is 12.6 Å². The first kappa shape index (κ1) is 18.4. The van der Waals surface area contributed by atoms with Crippen molar-refractivity contribution in [1.29, 1.82) is 0 Å². The molecule has 1 aliphatic rings. The summed E-state index contributed by atoms with van der Waals surface area (Å²) in [7, 11) is 0. The van der Waals surface area contributed by atoms with Crippen LogP contribution in [-0.2, 0) is 9.53 Å². The predicted molar refractivity (Wildman–Crippen MR) is 87.4 cm³/mol. The van der Waals surface area contributed by atoms with E-state index in [1.54, 1.807) is 0 Å². The van der Waals surface area contributed by atoms with Gasteiger partial charge in [0.2, 0.25) is 0 Å². The fraction of sp³-hybridized carbons (Fsp3) is 0.941. The van der Waals surface area contributed by atoms with Crippen molar-refractivity contribution in [3.8, 4) is 0 Å². The first-order chi connectivity index (χ1) is 9.78. The van der Waals surface area contributed by atoms with E-state index in [9.17, 15) is 4.79 Å². The topological polar surface area (TPSA) is 41.6 Å². The van der Waals surface area contributed by atoms with Crippen LogP contribution in [0.4, 0.5) is 0 Å². The van der Waals surface area contributed by atoms with Crippen molar-refractivity contribution >= 4 is 5.97 Å². The second kappa shape index (κ2) is 8.14. The number of carbonyl (C=O) groups is 1. The molecule has 1 aliphatic heterocycles. The molecule has 4 heteroatoms. The van der Waals surface area contributed by atoms with E-state index in [-0.39, 0.29) is 12.0 Å². The molecule has 0 spiro atoms. The molecule has 1 N–H and O–H groups in total. The lowest BCUT2D eigenvalue weighted by Crippen LogP contribution is -2.55. The summed E-state index contributed by atoms with van der Waals surface area (Å²) in [6.07, 6.45) is 3.37. The van der Waals surface area contributed by atoms with E-state index in [2.05, 4.69) is 37.9 Å². The van der Waals surface area contributed by atoms with Crippen LogP contribution in [0.15, 0.2) is 0 Å². The molecule has 3 atom stereocenters. The highest BCUT2D eigenvalue weighted by Crippen LogP contribution is 2.23. The summed E-state index contributed by atoms with van der Waals surface area (Å²) in [6.45, 7) is 15.1. The number of rotatable bonds is 7. The molecule has 1 rings (SSSR count). The lowest BCUT2D eigenvalue weighted by molar-refractivity contribution is -0.151. The molecular weight excluding hydrogens is 264 g/mol.